The number of fused-ring (bicyclic) bond motifs is 1. The molecule has 2 heterocycles. The van der Waals surface area contributed by atoms with Gasteiger partial charge in [-0.2, -0.15) is 5.10 Å². The van der Waals surface area contributed by atoms with E-state index in [1.807, 2.05) is 6.07 Å². The smallest absolute Gasteiger partial charge is 0.231 e. The summed E-state index contributed by atoms with van der Waals surface area (Å²) in [5.74, 6) is 2.06. The normalized spacial score (nSPS) is 21.7. The lowest BCUT2D eigenvalue weighted by molar-refractivity contribution is 0.118. The van der Waals surface area contributed by atoms with E-state index in [-0.39, 0.29) is 0 Å². The van der Waals surface area contributed by atoms with Gasteiger partial charge in [-0.05, 0) is 42.9 Å². The largest absolute Gasteiger partial charge is 0.454 e. The zero-order valence-corrected chi connectivity index (χ0v) is 13.3. The Bertz CT molecular complexity index is 533. The molecule has 5 nitrogen and oxygen atoms in total. The standard InChI is InChI=1S/C17H24N2O3/c1-13(10-18-19-7-3-4-15(19)11-20-2)8-14-5-6-16-17(9-14)22-12-21-16/h5-6,9-10,13,15H,3-4,7-8,11-12H2,1-2H3/b18-10+/t13-,15-/m1/s1. The predicted octanol–water partition coefficient (Wildman–Crippen LogP) is 2.69. The highest BCUT2D eigenvalue weighted by Crippen LogP contribution is 2.33. The van der Waals surface area contributed by atoms with Crippen LogP contribution in [-0.2, 0) is 11.2 Å². The van der Waals surface area contributed by atoms with E-state index in [2.05, 4.69) is 35.4 Å². The van der Waals surface area contributed by atoms with E-state index in [0.29, 0.717) is 18.8 Å². The zero-order valence-electron chi connectivity index (χ0n) is 13.3. The minimum Gasteiger partial charge on any atom is -0.454 e. The molecule has 0 radical (unpaired) electrons. The first-order valence-corrected chi connectivity index (χ1v) is 7.94. The third kappa shape index (κ3) is 3.53. The number of hydrogen-bond donors (Lipinski definition) is 0. The van der Waals surface area contributed by atoms with E-state index < -0.39 is 0 Å². The molecule has 5 heteroatoms. The van der Waals surface area contributed by atoms with Crippen LogP contribution in [0.2, 0.25) is 0 Å². The van der Waals surface area contributed by atoms with Gasteiger partial charge in [0.1, 0.15) is 0 Å². The second kappa shape index (κ2) is 7.01. The molecule has 0 spiro atoms. The van der Waals surface area contributed by atoms with Crippen LogP contribution in [0, 0.1) is 5.92 Å². The van der Waals surface area contributed by atoms with E-state index in [4.69, 9.17) is 14.2 Å². The van der Waals surface area contributed by atoms with Gasteiger partial charge in [0.25, 0.3) is 0 Å². The molecule has 0 aliphatic carbocycles. The SMILES string of the molecule is COC[C@H]1CCCN1/N=C/[C@H](C)Cc1ccc2c(c1)OCO2. The lowest BCUT2D eigenvalue weighted by Crippen LogP contribution is -2.28. The van der Waals surface area contributed by atoms with Gasteiger partial charge in [-0.3, -0.25) is 5.01 Å². The maximum atomic E-state index is 5.42. The van der Waals surface area contributed by atoms with Crippen LogP contribution in [0.15, 0.2) is 23.3 Å². The molecule has 2 aliphatic heterocycles. The molecule has 1 fully saturated rings. The van der Waals surface area contributed by atoms with Crippen molar-refractivity contribution < 1.29 is 14.2 Å². The first-order valence-electron chi connectivity index (χ1n) is 7.94. The van der Waals surface area contributed by atoms with Crippen molar-refractivity contribution in [1.29, 1.82) is 0 Å². The molecule has 0 amide bonds. The number of hydrazone groups is 1. The summed E-state index contributed by atoms with van der Waals surface area (Å²) in [5.41, 5.74) is 1.25. The van der Waals surface area contributed by atoms with Crippen LogP contribution in [0.3, 0.4) is 0 Å². The van der Waals surface area contributed by atoms with Crippen molar-refractivity contribution in [3.63, 3.8) is 0 Å². The van der Waals surface area contributed by atoms with Crippen molar-refractivity contribution in [2.75, 3.05) is 27.1 Å². The highest BCUT2D eigenvalue weighted by Gasteiger charge is 2.22. The average molecular weight is 304 g/mol. The lowest BCUT2D eigenvalue weighted by atomic mass is 10.0. The van der Waals surface area contributed by atoms with Gasteiger partial charge in [0.15, 0.2) is 11.5 Å². The minimum atomic E-state index is 0.325. The summed E-state index contributed by atoms with van der Waals surface area (Å²) in [4.78, 5) is 0. The Hall–Kier alpha value is -1.75. The molecule has 2 aliphatic rings. The molecule has 1 saturated heterocycles. The average Bonchev–Trinajstić information content (AvgIpc) is 3.14. The molecule has 1 aromatic rings. The highest BCUT2D eigenvalue weighted by atomic mass is 16.7. The Morgan fingerprint density at radius 3 is 3.14 bits per heavy atom. The Labute approximate surface area is 131 Å². The summed E-state index contributed by atoms with van der Waals surface area (Å²) >= 11 is 0. The summed E-state index contributed by atoms with van der Waals surface area (Å²) < 4.78 is 16.0. The number of methoxy groups -OCH3 is 1. The molecule has 120 valence electrons. The second-order valence-corrected chi connectivity index (χ2v) is 6.05. The molecule has 2 atom stereocenters. The summed E-state index contributed by atoms with van der Waals surface area (Å²) in [7, 11) is 1.75. The Kier molecular flexibility index (Phi) is 4.83. The molecule has 3 rings (SSSR count). The van der Waals surface area contributed by atoms with Gasteiger partial charge in [-0.1, -0.05) is 13.0 Å². The van der Waals surface area contributed by atoms with Gasteiger partial charge < -0.3 is 14.2 Å². The molecule has 0 bridgehead atoms. The van der Waals surface area contributed by atoms with Crippen LogP contribution in [0.25, 0.3) is 0 Å². The monoisotopic (exact) mass is 304 g/mol. The molecule has 0 saturated carbocycles. The summed E-state index contributed by atoms with van der Waals surface area (Å²) in [6.45, 7) is 4.30. The lowest BCUT2D eigenvalue weighted by Gasteiger charge is -2.21. The third-order valence-electron chi connectivity index (χ3n) is 4.17. The van der Waals surface area contributed by atoms with Gasteiger partial charge in [-0.15, -0.1) is 0 Å². The van der Waals surface area contributed by atoms with Crippen LogP contribution in [0.1, 0.15) is 25.3 Å². The van der Waals surface area contributed by atoms with Gasteiger partial charge in [0.2, 0.25) is 6.79 Å². The van der Waals surface area contributed by atoms with Gasteiger partial charge >= 0.3 is 0 Å². The fraction of sp³-hybridized carbons (Fsp3) is 0.588. The Morgan fingerprint density at radius 1 is 1.41 bits per heavy atom. The molecule has 0 unspecified atom stereocenters. The topological polar surface area (TPSA) is 43.3 Å². The summed E-state index contributed by atoms with van der Waals surface area (Å²) in [6.07, 6.45) is 5.37. The second-order valence-electron chi connectivity index (χ2n) is 6.05. The summed E-state index contributed by atoms with van der Waals surface area (Å²) in [6, 6.07) is 6.58. The zero-order chi connectivity index (χ0) is 15.4. The van der Waals surface area contributed by atoms with E-state index >= 15 is 0 Å². The quantitative estimate of drug-likeness (QED) is 0.758. The fourth-order valence-corrected chi connectivity index (χ4v) is 3.03. The van der Waals surface area contributed by atoms with E-state index in [1.165, 1.54) is 18.4 Å². The van der Waals surface area contributed by atoms with Crippen molar-refractivity contribution in [2.24, 2.45) is 11.0 Å². The maximum Gasteiger partial charge on any atom is 0.231 e. The van der Waals surface area contributed by atoms with E-state index in [9.17, 15) is 0 Å². The highest BCUT2D eigenvalue weighted by molar-refractivity contribution is 5.60. The van der Waals surface area contributed by atoms with Crippen molar-refractivity contribution in [1.82, 2.24) is 5.01 Å². The number of nitrogens with zero attached hydrogens (tertiary/aromatic N) is 2. The maximum absolute atomic E-state index is 5.42. The molecular weight excluding hydrogens is 280 g/mol. The molecule has 22 heavy (non-hydrogen) atoms. The first kappa shape index (κ1) is 15.2. The first-order chi connectivity index (χ1) is 10.8. The Balaban J connectivity index is 1.55. The summed E-state index contributed by atoms with van der Waals surface area (Å²) in [5, 5.41) is 6.83. The van der Waals surface area contributed by atoms with Gasteiger partial charge in [0, 0.05) is 19.9 Å². The Morgan fingerprint density at radius 2 is 2.27 bits per heavy atom. The van der Waals surface area contributed by atoms with Crippen LogP contribution < -0.4 is 9.47 Å². The predicted molar refractivity (Wildman–Crippen MR) is 85.5 cm³/mol. The number of ether oxygens (including phenoxy) is 3. The number of benzene rings is 1. The van der Waals surface area contributed by atoms with Gasteiger partial charge in [0.05, 0.1) is 12.6 Å². The van der Waals surface area contributed by atoms with Crippen molar-refractivity contribution in [3.8, 4) is 11.5 Å². The minimum absolute atomic E-state index is 0.325. The molecular formula is C17H24N2O3. The van der Waals surface area contributed by atoms with Gasteiger partial charge in [-0.25, -0.2) is 0 Å². The van der Waals surface area contributed by atoms with Crippen molar-refractivity contribution in [2.45, 2.75) is 32.2 Å². The molecule has 1 aromatic carbocycles. The molecule has 0 N–H and O–H groups in total. The van der Waals surface area contributed by atoms with Crippen LogP contribution in [0.4, 0.5) is 0 Å². The number of rotatable bonds is 6. The van der Waals surface area contributed by atoms with E-state index in [0.717, 1.165) is 31.1 Å². The van der Waals surface area contributed by atoms with Crippen molar-refractivity contribution >= 4 is 6.21 Å². The van der Waals surface area contributed by atoms with Crippen LogP contribution in [0.5, 0.6) is 11.5 Å². The number of hydrogen-bond acceptors (Lipinski definition) is 5. The van der Waals surface area contributed by atoms with Crippen LogP contribution in [-0.4, -0.2) is 44.3 Å². The molecule has 0 aromatic heterocycles. The van der Waals surface area contributed by atoms with Crippen molar-refractivity contribution in [3.05, 3.63) is 23.8 Å². The fourth-order valence-electron chi connectivity index (χ4n) is 3.03. The van der Waals surface area contributed by atoms with E-state index in [1.54, 1.807) is 7.11 Å². The van der Waals surface area contributed by atoms with Crippen LogP contribution >= 0.6 is 0 Å². The third-order valence-corrected chi connectivity index (χ3v) is 4.17.